The van der Waals surface area contributed by atoms with Gasteiger partial charge in [-0.25, -0.2) is 12.8 Å². The summed E-state index contributed by atoms with van der Waals surface area (Å²) < 4.78 is 37.1. The Morgan fingerprint density at radius 1 is 1.47 bits per heavy atom. The number of halogens is 3. The molecule has 1 fully saturated rings. The average Bonchev–Trinajstić information content (AvgIpc) is 2.61. The molecule has 0 aliphatic carbocycles. The summed E-state index contributed by atoms with van der Waals surface area (Å²) in [6.45, 7) is 0. The Morgan fingerprint density at radius 3 is 2.76 bits per heavy atom. The number of hydrogen-bond donors (Lipinski definition) is 0. The van der Waals surface area contributed by atoms with Crippen LogP contribution >= 0.6 is 27.5 Å². The van der Waals surface area contributed by atoms with Gasteiger partial charge in [0, 0.05) is 10.0 Å². The largest absolute Gasteiger partial charge is 0.229 e. The van der Waals surface area contributed by atoms with Gasteiger partial charge in [-0.3, -0.25) is 0 Å². The Morgan fingerprint density at radius 2 is 2.18 bits per heavy atom. The van der Waals surface area contributed by atoms with Crippen LogP contribution in [-0.2, 0) is 9.84 Å². The molecular weight excluding hydrogens is 331 g/mol. The van der Waals surface area contributed by atoms with Gasteiger partial charge in [-0.2, -0.15) is 0 Å². The van der Waals surface area contributed by atoms with Crippen molar-refractivity contribution < 1.29 is 12.8 Å². The van der Waals surface area contributed by atoms with E-state index in [1.165, 1.54) is 6.07 Å². The van der Waals surface area contributed by atoms with Gasteiger partial charge >= 0.3 is 0 Å². The topological polar surface area (TPSA) is 34.1 Å². The zero-order valence-electron chi connectivity index (χ0n) is 8.87. The van der Waals surface area contributed by atoms with Crippen LogP contribution in [0.3, 0.4) is 0 Å². The minimum absolute atomic E-state index is 0.0487. The van der Waals surface area contributed by atoms with Gasteiger partial charge in [-0.1, -0.05) is 15.9 Å². The number of sulfone groups is 1. The lowest BCUT2D eigenvalue weighted by Gasteiger charge is -2.16. The molecule has 2 nitrogen and oxygen atoms in total. The van der Waals surface area contributed by atoms with E-state index in [2.05, 4.69) is 15.9 Å². The van der Waals surface area contributed by atoms with E-state index in [1.807, 2.05) is 0 Å². The lowest BCUT2D eigenvalue weighted by atomic mass is 9.98. The first-order chi connectivity index (χ1) is 7.89. The minimum Gasteiger partial charge on any atom is -0.229 e. The highest BCUT2D eigenvalue weighted by molar-refractivity contribution is 9.10. The summed E-state index contributed by atoms with van der Waals surface area (Å²) in [6, 6.07) is 4.53. The first-order valence-electron chi connectivity index (χ1n) is 5.18. The first-order valence-corrected chi connectivity index (χ1v) is 8.23. The normalized spacial score (nSPS) is 24.8. The Bertz CT molecular complexity index is 532. The molecule has 0 amide bonds. The maximum Gasteiger partial charge on any atom is 0.150 e. The zero-order chi connectivity index (χ0) is 12.6. The molecule has 6 heteroatoms. The maximum absolute atomic E-state index is 13.6. The summed E-state index contributed by atoms with van der Waals surface area (Å²) >= 11 is 9.44. The molecule has 2 unspecified atom stereocenters. The quantitative estimate of drug-likeness (QED) is 0.774. The summed E-state index contributed by atoms with van der Waals surface area (Å²) in [4.78, 5) is 0. The third kappa shape index (κ3) is 3.01. The van der Waals surface area contributed by atoms with Crippen LogP contribution in [0.4, 0.5) is 4.39 Å². The van der Waals surface area contributed by atoms with Crippen molar-refractivity contribution in [3.8, 4) is 0 Å². The van der Waals surface area contributed by atoms with Crippen molar-refractivity contribution in [2.24, 2.45) is 5.92 Å². The smallest absolute Gasteiger partial charge is 0.150 e. The average molecular weight is 342 g/mol. The van der Waals surface area contributed by atoms with Crippen molar-refractivity contribution >= 4 is 37.4 Å². The molecule has 0 spiro atoms. The molecule has 2 atom stereocenters. The molecule has 0 bridgehead atoms. The molecule has 17 heavy (non-hydrogen) atoms. The molecule has 0 radical (unpaired) electrons. The van der Waals surface area contributed by atoms with Gasteiger partial charge in [-0.05, 0) is 30.5 Å². The predicted octanol–water partition coefficient (Wildman–Crippen LogP) is 3.30. The highest BCUT2D eigenvalue weighted by Gasteiger charge is 2.34. The Kier molecular flexibility index (Phi) is 3.80. The van der Waals surface area contributed by atoms with E-state index in [-0.39, 0.29) is 17.4 Å². The Labute approximate surface area is 113 Å². The van der Waals surface area contributed by atoms with Crippen molar-refractivity contribution in [1.82, 2.24) is 0 Å². The molecular formula is C11H11BrClFO2S. The van der Waals surface area contributed by atoms with E-state index < -0.39 is 21.0 Å². The molecule has 94 valence electrons. The maximum atomic E-state index is 13.6. The molecule has 1 aliphatic heterocycles. The zero-order valence-corrected chi connectivity index (χ0v) is 12.0. The summed E-state index contributed by atoms with van der Waals surface area (Å²) in [5.41, 5.74) is 0.364. The summed E-state index contributed by atoms with van der Waals surface area (Å²) in [5, 5.41) is -0.593. The van der Waals surface area contributed by atoms with Crippen LogP contribution in [-0.4, -0.2) is 19.9 Å². The molecule has 1 saturated heterocycles. The van der Waals surface area contributed by atoms with Gasteiger partial charge in [0.15, 0.2) is 9.84 Å². The van der Waals surface area contributed by atoms with Crippen LogP contribution < -0.4 is 0 Å². The lowest BCUT2D eigenvalue weighted by molar-refractivity contribution is 0.535. The fraction of sp³-hybridized carbons (Fsp3) is 0.455. The predicted molar refractivity (Wildman–Crippen MR) is 69.5 cm³/mol. The minimum atomic E-state index is -2.99. The van der Waals surface area contributed by atoms with E-state index in [0.29, 0.717) is 12.0 Å². The monoisotopic (exact) mass is 340 g/mol. The van der Waals surface area contributed by atoms with E-state index in [1.54, 1.807) is 12.1 Å². The molecule has 2 rings (SSSR count). The Balaban J connectivity index is 2.26. The van der Waals surface area contributed by atoms with Crippen molar-refractivity contribution in [2.45, 2.75) is 11.8 Å². The summed E-state index contributed by atoms with van der Waals surface area (Å²) in [6.07, 6.45) is 0.502. The van der Waals surface area contributed by atoms with Crippen molar-refractivity contribution in [2.75, 3.05) is 11.5 Å². The Hall–Kier alpha value is -0.130. The van der Waals surface area contributed by atoms with Gasteiger partial charge in [0.2, 0.25) is 0 Å². The number of rotatable bonds is 2. The molecule has 0 N–H and O–H groups in total. The molecule has 1 aliphatic rings. The van der Waals surface area contributed by atoms with Gasteiger partial charge in [-0.15, -0.1) is 11.6 Å². The first kappa shape index (κ1) is 13.3. The van der Waals surface area contributed by atoms with E-state index in [9.17, 15) is 12.8 Å². The number of hydrogen-bond acceptors (Lipinski definition) is 2. The fourth-order valence-electron chi connectivity index (χ4n) is 2.03. The van der Waals surface area contributed by atoms with Crippen LogP contribution in [0.15, 0.2) is 22.7 Å². The lowest BCUT2D eigenvalue weighted by Crippen LogP contribution is -2.11. The van der Waals surface area contributed by atoms with Crippen LogP contribution in [0, 0.1) is 11.7 Å². The molecule has 1 aromatic rings. The summed E-state index contributed by atoms with van der Waals surface area (Å²) in [7, 11) is -2.99. The van der Waals surface area contributed by atoms with E-state index in [4.69, 9.17) is 11.6 Å². The van der Waals surface area contributed by atoms with Gasteiger partial charge in [0.05, 0.1) is 16.9 Å². The SMILES string of the molecule is O=S1(=O)CCC(C(Cl)c2cc(Br)ccc2F)C1. The molecule has 0 aromatic heterocycles. The van der Waals surface area contributed by atoms with Gasteiger partial charge < -0.3 is 0 Å². The third-order valence-corrected chi connectivity index (χ3v) is 5.82. The van der Waals surface area contributed by atoms with Crippen LogP contribution in [0.1, 0.15) is 17.4 Å². The molecule has 1 aromatic carbocycles. The highest BCUT2D eigenvalue weighted by Crippen LogP contribution is 2.38. The second-order valence-corrected chi connectivity index (χ2v) is 7.85. The van der Waals surface area contributed by atoms with Crippen molar-refractivity contribution in [1.29, 1.82) is 0 Å². The van der Waals surface area contributed by atoms with Gasteiger partial charge in [0.25, 0.3) is 0 Å². The molecule has 1 heterocycles. The number of alkyl halides is 1. The van der Waals surface area contributed by atoms with Crippen molar-refractivity contribution in [3.63, 3.8) is 0 Å². The third-order valence-electron chi connectivity index (χ3n) is 2.94. The fourth-order valence-corrected chi connectivity index (χ4v) is 4.74. The van der Waals surface area contributed by atoms with Gasteiger partial charge in [0.1, 0.15) is 5.82 Å². The highest BCUT2D eigenvalue weighted by atomic mass is 79.9. The van der Waals surface area contributed by atoms with E-state index in [0.717, 1.165) is 4.47 Å². The standard InChI is InChI=1S/C11H11BrClFO2S/c12-8-1-2-10(14)9(5-8)11(13)7-3-4-17(15,16)6-7/h1-2,5,7,11H,3-4,6H2. The van der Waals surface area contributed by atoms with Crippen LogP contribution in [0.25, 0.3) is 0 Å². The van der Waals surface area contributed by atoms with E-state index >= 15 is 0 Å². The van der Waals surface area contributed by atoms with Crippen LogP contribution in [0.2, 0.25) is 0 Å². The second-order valence-electron chi connectivity index (χ2n) is 4.23. The molecule has 0 saturated carbocycles. The van der Waals surface area contributed by atoms with Crippen molar-refractivity contribution in [3.05, 3.63) is 34.1 Å². The number of benzene rings is 1. The van der Waals surface area contributed by atoms with Crippen LogP contribution in [0.5, 0.6) is 0 Å². The second kappa shape index (κ2) is 4.86. The summed E-state index contributed by atoms with van der Waals surface area (Å²) in [5.74, 6) is -0.396.